The van der Waals surface area contributed by atoms with Crippen LogP contribution in [0, 0.1) is 6.92 Å². The van der Waals surface area contributed by atoms with Crippen LogP contribution in [0.15, 0.2) is 48.7 Å². The lowest BCUT2D eigenvalue weighted by molar-refractivity contribution is -0.127. The van der Waals surface area contributed by atoms with Crippen LogP contribution in [-0.2, 0) is 11.2 Å². The number of para-hydroxylation sites is 1. The van der Waals surface area contributed by atoms with Crippen LogP contribution in [0.5, 0.6) is 0 Å². The van der Waals surface area contributed by atoms with Gasteiger partial charge in [-0.15, -0.1) is 11.3 Å². The van der Waals surface area contributed by atoms with Crippen LogP contribution in [0.3, 0.4) is 0 Å². The number of nitrogens with one attached hydrogen (secondary N) is 2. The van der Waals surface area contributed by atoms with E-state index in [1.807, 2.05) is 17.0 Å². The molecule has 0 aliphatic carbocycles. The Labute approximate surface area is 251 Å². The van der Waals surface area contributed by atoms with Crippen LogP contribution in [-0.4, -0.2) is 73.4 Å². The highest BCUT2D eigenvalue weighted by Gasteiger charge is 2.23. The van der Waals surface area contributed by atoms with Gasteiger partial charge in [0.25, 0.3) is 11.8 Å². The molecule has 2 saturated heterocycles. The molecule has 0 radical (unpaired) electrons. The molecular formula is C32H40N6O3S. The van der Waals surface area contributed by atoms with E-state index in [-0.39, 0.29) is 17.7 Å². The minimum atomic E-state index is -0.220. The van der Waals surface area contributed by atoms with Crippen LogP contribution in [0.25, 0.3) is 0 Å². The summed E-state index contributed by atoms with van der Waals surface area (Å²) in [5.41, 5.74) is 4.51. The maximum Gasteiger partial charge on any atom is 0.267 e. The molecule has 2 aliphatic rings. The van der Waals surface area contributed by atoms with Crippen molar-refractivity contribution in [3.05, 3.63) is 69.7 Å². The second kappa shape index (κ2) is 13.8. The van der Waals surface area contributed by atoms with Gasteiger partial charge in [-0.1, -0.05) is 25.1 Å². The smallest absolute Gasteiger partial charge is 0.267 e. The van der Waals surface area contributed by atoms with Crippen molar-refractivity contribution in [2.24, 2.45) is 0 Å². The molecule has 3 heterocycles. The number of hydrogen-bond donors (Lipinski definition) is 2. The number of nitrogens with zero attached hydrogens (tertiary/aromatic N) is 4. The summed E-state index contributed by atoms with van der Waals surface area (Å²) in [6, 6.07) is 14.0. The standard InChI is InChI=1S/C32H40N6O3S/c1-3-8-29-34-22-28(42-29)32(41)35-25-21-24(31(40)33-14-7-16-38-15-6-11-30(38)39)12-13-27(25)37-19-17-36(18-20-37)26-10-5-4-9-23(26)2/h4-5,9-10,12-13,21-22H,3,6-8,11,14-20H2,1-2H3,(H,33,40)(H,35,41). The molecule has 3 aromatic rings. The van der Waals surface area contributed by atoms with Gasteiger partial charge >= 0.3 is 0 Å². The Bertz CT molecular complexity index is 1410. The van der Waals surface area contributed by atoms with Crippen molar-refractivity contribution >= 4 is 46.1 Å². The molecule has 2 aromatic carbocycles. The molecule has 0 unspecified atom stereocenters. The number of thiazole rings is 1. The third kappa shape index (κ3) is 7.10. The van der Waals surface area contributed by atoms with Crippen molar-refractivity contribution in [1.29, 1.82) is 0 Å². The first kappa shape index (κ1) is 29.6. The lowest BCUT2D eigenvalue weighted by atomic mass is 10.1. The molecule has 1 aromatic heterocycles. The van der Waals surface area contributed by atoms with Gasteiger partial charge in [0.15, 0.2) is 0 Å². The number of carbonyl (C=O) groups is 3. The molecule has 0 atom stereocenters. The van der Waals surface area contributed by atoms with Gasteiger partial charge in [-0.05, 0) is 62.4 Å². The predicted molar refractivity (Wildman–Crippen MR) is 169 cm³/mol. The fourth-order valence-corrected chi connectivity index (χ4v) is 6.52. The van der Waals surface area contributed by atoms with Crippen molar-refractivity contribution < 1.29 is 14.4 Å². The van der Waals surface area contributed by atoms with E-state index >= 15 is 0 Å². The summed E-state index contributed by atoms with van der Waals surface area (Å²) < 4.78 is 0. The number of hydrogen-bond acceptors (Lipinski definition) is 7. The first-order valence-corrected chi connectivity index (χ1v) is 15.8. The third-order valence-corrected chi connectivity index (χ3v) is 8.94. The molecule has 5 rings (SSSR count). The lowest BCUT2D eigenvalue weighted by Gasteiger charge is -2.38. The van der Waals surface area contributed by atoms with Crippen molar-refractivity contribution in [3.8, 4) is 0 Å². The van der Waals surface area contributed by atoms with Gasteiger partial charge in [-0.2, -0.15) is 0 Å². The van der Waals surface area contributed by atoms with E-state index < -0.39 is 0 Å². The van der Waals surface area contributed by atoms with Crippen LogP contribution in [0.2, 0.25) is 0 Å². The number of aromatic nitrogens is 1. The van der Waals surface area contributed by atoms with Crippen LogP contribution >= 0.6 is 11.3 Å². The average Bonchev–Trinajstić information content (AvgIpc) is 3.64. The van der Waals surface area contributed by atoms with Crippen molar-refractivity contribution in [3.63, 3.8) is 0 Å². The number of carbonyl (C=O) groups excluding carboxylic acids is 3. The van der Waals surface area contributed by atoms with E-state index in [2.05, 4.69) is 63.5 Å². The number of likely N-dealkylation sites (tertiary alicyclic amines) is 1. The predicted octanol–water partition coefficient (Wildman–Crippen LogP) is 4.73. The summed E-state index contributed by atoms with van der Waals surface area (Å²) >= 11 is 1.41. The Hall–Kier alpha value is -3.92. The van der Waals surface area contributed by atoms with Gasteiger partial charge in [0.1, 0.15) is 4.88 Å². The van der Waals surface area contributed by atoms with Crippen molar-refractivity contribution in [2.45, 2.75) is 46.0 Å². The van der Waals surface area contributed by atoms with Gasteiger partial charge in [0, 0.05) is 63.5 Å². The van der Waals surface area contributed by atoms with E-state index in [0.29, 0.717) is 42.1 Å². The van der Waals surface area contributed by atoms with Crippen LogP contribution < -0.4 is 20.4 Å². The summed E-state index contributed by atoms with van der Waals surface area (Å²) in [4.78, 5) is 49.7. The SMILES string of the molecule is CCCc1ncc(C(=O)Nc2cc(C(=O)NCCCN3CCCC3=O)ccc2N2CCN(c3ccccc3C)CC2)s1. The number of benzene rings is 2. The maximum atomic E-state index is 13.3. The molecule has 0 spiro atoms. The average molecular weight is 589 g/mol. The zero-order chi connectivity index (χ0) is 29.5. The number of amides is 3. The molecular weight excluding hydrogens is 548 g/mol. The fraction of sp³-hybridized carbons (Fsp3) is 0.438. The van der Waals surface area contributed by atoms with Gasteiger partial charge in [-0.25, -0.2) is 4.98 Å². The summed E-state index contributed by atoms with van der Waals surface area (Å²) in [7, 11) is 0. The Morgan fingerprint density at radius 1 is 0.976 bits per heavy atom. The molecule has 0 bridgehead atoms. The Morgan fingerprint density at radius 2 is 1.74 bits per heavy atom. The summed E-state index contributed by atoms with van der Waals surface area (Å²) in [6.45, 7) is 9.46. The fourth-order valence-electron chi connectivity index (χ4n) is 5.60. The number of rotatable bonds is 11. The second-order valence-corrected chi connectivity index (χ2v) is 12.0. The van der Waals surface area contributed by atoms with Gasteiger partial charge in [0.2, 0.25) is 5.91 Å². The number of aryl methyl sites for hydroxylation is 2. The van der Waals surface area contributed by atoms with Crippen LogP contribution in [0.1, 0.15) is 63.2 Å². The molecule has 0 saturated carbocycles. The van der Waals surface area contributed by atoms with Gasteiger partial charge < -0.3 is 25.3 Å². The summed E-state index contributed by atoms with van der Waals surface area (Å²) in [5.74, 6) is -0.223. The molecule has 2 aliphatic heterocycles. The molecule has 9 nitrogen and oxygen atoms in total. The van der Waals surface area contributed by atoms with Crippen molar-refractivity contribution in [1.82, 2.24) is 15.2 Å². The molecule has 42 heavy (non-hydrogen) atoms. The lowest BCUT2D eigenvalue weighted by Crippen LogP contribution is -2.47. The molecule has 2 fully saturated rings. The van der Waals surface area contributed by atoms with Gasteiger partial charge in [-0.3, -0.25) is 14.4 Å². The topological polar surface area (TPSA) is 97.9 Å². The third-order valence-electron chi connectivity index (χ3n) is 7.89. The Balaban J connectivity index is 1.29. The summed E-state index contributed by atoms with van der Waals surface area (Å²) in [5, 5.41) is 7.01. The van der Waals surface area contributed by atoms with E-state index in [4.69, 9.17) is 0 Å². The minimum Gasteiger partial charge on any atom is -0.368 e. The Morgan fingerprint density at radius 3 is 2.45 bits per heavy atom. The highest BCUT2D eigenvalue weighted by molar-refractivity contribution is 7.13. The maximum absolute atomic E-state index is 13.3. The molecule has 2 N–H and O–H groups in total. The largest absolute Gasteiger partial charge is 0.368 e. The number of anilines is 3. The molecule has 10 heteroatoms. The first-order chi connectivity index (χ1) is 20.4. The second-order valence-electron chi connectivity index (χ2n) is 10.9. The molecule has 3 amide bonds. The highest BCUT2D eigenvalue weighted by Crippen LogP contribution is 2.31. The van der Waals surface area contributed by atoms with Gasteiger partial charge in [0.05, 0.1) is 22.6 Å². The Kier molecular flexibility index (Phi) is 9.74. The monoisotopic (exact) mass is 588 g/mol. The number of piperazine rings is 1. The summed E-state index contributed by atoms with van der Waals surface area (Å²) in [6.07, 6.45) is 5.68. The van der Waals surface area contributed by atoms with Crippen LogP contribution in [0.4, 0.5) is 17.1 Å². The van der Waals surface area contributed by atoms with E-state index in [1.54, 1.807) is 12.3 Å². The van der Waals surface area contributed by atoms with E-state index in [0.717, 1.165) is 62.7 Å². The first-order valence-electron chi connectivity index (χ1n) is 14.9. The quantitative estimate of drug-likeness (QED) is 0.315. The van der Waals surface area contributed by atoms with E-state index in [1.165, 1.54) is 22.6 Å². The van der Waals surface area contributed by atoms with E-state index in [9.17, 15) is 14.4 Å². The highest BCUT2D eigenvalue weighted by atomic mass is 32.1. The minimum absolute atomic E-state index is 0.194. The molecule has 222 valence electrons. The zero-order valence-corrected chi connectivity index (χ0v) is 25.3. The normalized spacial score (nSPS) is 15.3. The van der Waals surface area contributed by atoms with Crippen molar-refractivity contribution in [2.75, 3.05) is 60.9 Å². The zero-order valence-electron chi connectivity index (χ0n) is 24.5.